The van der Waals surface area contributed by atoms with Gasteiger partial charge in [0.1, 0.15) is 0 Å². The fourth-order valence-corrected chi connectivity index (χ4v) is 2.67. The molecule has 1 aliphatic rings. The van der Waals surface area contributed by atoms with E-state index in [1.54, 1.807) is 0 Å². The summed E-state index contributed by atoms with van der Waals surface area (Å²) in [6, 6.07) is 0. The Morgan fingerprint density at radius 3 is 2.67 bits per heavy atom. The molecule has 0 amide bonds. The van der Waals surface area contributed by atoms with E-state index in [1.165, 1.54) is 6.42 Å². The maximum atomic E-state index is 5.54. The highest BCUT2D eigenvalue weighted by atomic mass is 16.5. The van der Waals surface area contributed by atoms with Crippen molar-refractivity contribution < 1.29 is 4.52 Å². The van der Waals surface area contributed by atoms with Crippen LogP contribution in [0.25, 0.3) is 0 Å². The third kappa shape index (κ3) is 2.36. The Balaban J connectivity index is 2.21. The number of nitrogens with one attached hydrogen (secondary N) is 1. The minimum absolute atomic E-state index is 0.0383. The van der Waals surface area contributed by atoms with Crippen molar-refractivity contribution in [2.75, 3.05) is 31.1 Å². The number of anilines is 1. The van der Waals surface area contributed by atoms with Crippen molar-refractivity contribution in [2.45, 2.75) is 45.4 Å². The van der Waals surface area contributed by atoms with E-state index in [2.05, 4.69) is 41.1 Å². The first-order valence-corrected chi connectivity index (χ1v) is 7.05. The molecule has 1 saturated heterocycles. The zero-order valence-corrected chi connectivity index (χ0v) is 11.7. The summed E-state index contributed by atoms with van der Waals surface area (Å²) >= 11 is 0. The molecule has 1 unspecified atom stereocenters. The number of hydrogen-bond acceptors (Lipinski definition) is 5. The van der Waals surface area contributed by atoms with Crippen molar-refractivity contribution in [1.82, 2.24) is 15.5 Å². The summed E-state index contributed by atoms with van der Waals surface area (Å²) < 4.78 is 5.54. The lowest BCUT2D eigenvalue weighted by Crippen LogP contribution is -2.43. The van der Waals surface area contributed by atoms with Crippen molar-refractivity contribution in [3.8, 4) is 0 Å². The van der Waals surface area contributed by atoms with Gasteiger partial charge in [-0.15, -0.1) is 0 Å². The monoisotopic (exact) mass is 252 g/mol. The molecule has 5 nitrogen and oxygen atoms in total. The van der Waals surface area contributed by atoms with Gasteiger partial charge in [-0.25, -0.2) is 0 Å². The van der Waals surface area contributed by atoms with Crippen LogP contribution in [-0.4, -0.2) is 36.3 Å². The average molecular weight is 252 g/mol. The van der Waals surface area contributed by atoms with E-state index in [4.69, 9.17) is 4.52 Å². The van der Waals surface area contributed by atoms with Crippen molar-refractivity contribution in [2.24, 2.45) is 0 Å². The quantitative estimate of drug-likeness (QED) is 0.868. The Labute approximate surface area is 109 Å². The normalized spacial score (nSPS) is 24.2. The number of hydrogen-bond donors (Lipinski definition) is 1. The lowest BCUT2D eigenvalue weighted by molar-refractivity contribution is 0.221. The lowest BCUT2D eigenvalue weighted by Gasteiger charge is -2.33. The Hall–Kier alpha value is -1.10. The molecule has 1 atom stereocenters. The molecule has 0 aliphatic carbocycles. The summed E-state index contributed by atoms with van der Waals surface area (Å²) in [6.45, 7) is 10.3. The van der Waals surface area contributed by atoms with Gasteiger partial charge in [-0.05, 0) is 44.8 Å². The molecule has 0 radical (unpaired) electrons. The number of aromatic nitrogens is 2. The third-order valence-electron chi connectivity index (χ3n) is 4.06. The maximum absolute atomic E-state index is 5.54. The first-order chi connectivity index (χ1) is 8.75. The van der Waals surface area contributed by atoms with Crippen molar-refractivity contribution >= 4 is 5.95 Å². The third-order valence-corrected chi connectivity index (χ3v) is 4.06. The summed E-state index contributed by atoms with van der Waals surface area (Å²) in [7, 11) is 0. The zero-order valence-electron chi connectivity index (χ0n) is 11.7. The van der Waals surface area contributed by atoms with Gasteiger partial charge in [-0.1, -0.05) is 6.92 Å². The van der Waals surface area contributed by atoms with Crippen LogP contribution in [0.2, 0.25) is 0 Å². The van der Waals surface area contributed by atoms with Crippen LogP contribution < -0.4 is 10.2 Å². The molecule has 0 saturated carbocycles. The summed E-state index contributed by atoms with van der Waals surface area (Å²) in [4.78, 5) is 6.74. The van der Waals surface area contributed by atoms with Crippen LogP contribution in [0.4, 0.5) is 5.95 Å². The van der Waals surface area contributed by atoms with Crippen molar-refractivity contribution in [3.05, 3.63) is 5.89 Å². The molecule has 1 aliphatic heterocycles. The van der Waals surface area contributed by atoms with Crippen LogP contribution in [0, 0.1) is 0 Å². The van der Waals surface area contributed by atoms with Gasteiger partial charge >= 0.3 is 0 Å². The standard InChI is InChI=1S/C13H24N4O/c1-4-13(8-7-9-14-10-13)11-15-12(16-18-11)17(5-2)6-3/h14H,4-10H2,1-3H3. The average Bonchev–Trinajstić information content (AvgIpc) is 2.91. The highest BCUT2D eigenvalue weighted by molar-refractivity contribution is 5.28. The molecule has 1 N–H and O–H groups in total. The summed E-state index contributed by atoms with van der Waals surface area (Å²) in [5.74, 6) is 1.53. The summed E-state index contributed by atoms with van der Waals surface area (Å²) in [6.07, 6.45) is 3.35. The van der Waals surface area contributed by atoms with E-state index >= 15 is 0 Å². The van der Waals surface area contributed by atoms with Gasteiger partial charge in [0.15, 0.2) is 0 Å². The van der Waals surface area contributed by atoms with Crippen molar-refractivity contribution in [3.63, 3.8) is 0 Å². The highest BCUT2D eigenvalue weighted by Gasteiger charge is 2.37. The van der Waals surface area contributed by atoms with Gasteiger partial charge in [0.25, 0.3) is 5.95 Å². The van der Waals surface area contributed by atoms with Gasteiger partial charge < -0.3 is 14.7 Å². The van der Waals surface area contributed by atoms with Gasteiger partial charge in [-0.2, -0.15) is 4.98 Å². The van der Waals surface area contributed by atoms with Crippen LogP contribution in [0.5, 0.6) is 0 Å². The molecular formula is C13H24N4O. The SMILES string of the molecule is CCN(CC)c1noc(C2(CC)CCCNC2)n1. The van der Waals surface area contributed by atoms with E-state index < -0.39 is 0 Å². The summed E-state index contributed by atoms with van der Waals surface area (Å²) in [5, 5.41) is 7.59. The first kappa shape index (κ1) is 13.3. The van der Waals surface area contributed by atoms with Gasteiger partial charge in [0.2, 0.25) is 5.89 Å². The predicted molar refractivity (Wildman–Crippen MR) is 71.9 cm³/mol. The van der Waals surface area contributed by atoms with Crippen LogP contribution in [0.1, 0.15) is 45.9 Å². The van der Waals surface area contributed by atoms with E-state index in [-0.39, 0.29) is 5.41 Å². The van der Waals surface area contributed by atoms with E-state index in [0.29, 0.717) is 0 Å². The topological polar surface area (TPSA) is 54.2 Å². The Morgan fingerprint density at radius 1 is 1.33 bits per heavy atom. The Bertz CT molecular complexity index is 367. The summed E-state index contributed by atoms with van der Waals surface area (Å²) in [5.41, 5.74) is 0.0383. The fourth-order valence-electron chi connectivity index (χ4n) is 2.67. The van der Waals surface area contributed by atoms with Crippen LogP contribution in [-0.2, 0) is 5.41 Å². The van der Waals surface area contributed by atoms with Crippen LogP contribution >= 0.6 is 0 Å². The second-order valence-electron chi connectivity index (χ2n) is 4.99. The Morgan fingerprint density at radius 2 is 2.11 bits per heavy atom. The Kier molecular flexibility index (Phi) is 4.22. The second-order valence-corrected chi connectivity index (χ2v) is 4.99. The minimum atomic E-state index is 0.0383. The molecule has 5 heteroatoms. The number of piperidine rings is 1. The van der Waals surface area contributed by atoms with E-state index in [1.807, 2.05) is 0 Å². The minimum Gasteiger partial charge on any atom is -0.339 e. The first-order valence-electron chi connectivity index (χ1n) is 7.05. The largest absolute Gasteiger partial charge is 0.339 e. The van der Waals surface area contributed by atoms with Crippen LogP contribution in [0.15, 0.2) is 4.52 Å². The highest BCUT2D eigenvalue weighted by Crippen LogP contribution is 2.34. The zero-order chi connectivity index (χ0) is 13.0. The van der Waals surface area contributed by atoms with E-state index in [9.17, 15) is 0 Å². The molecule has 0 bridgehead atoms. The molecule has 2 heterocycles. The van der Waals surface area contributed by atoms with Crippen LogP contribution in [0.3, 0.4) is 0 Å². The van der Waals surface area contributed by atoms with Gasteiger partial charge in [0.05, 0.1) is 5.41 Å². The molecule has 102 valence electrons. The second kappa shape index (κ2) is 5.69. The fraction of sp³-hybridized carbons (Fsp3) is 0.846. The molecule has 1 aromatic heterocycles. The van der Waals surface area contributed by atoms with E-state index in [0.717, 1.165) is 50.9 Å². The molecule has 1 fully saturated rings. The number of nitrogens with zero attached hydrogens (tertiary/aromatic N) is 3. The predicted octanol–water partition coefficient (Wildman–Crippen LogP) is 1.95. The van der Waals surface area contributed by atoms with Gasteiger partial charge in [0, 0.05) is 19.6 Å². The van der Waals surface area contributed by atoms with Gasteiger partial charge in [-0.3, -0.25) is 0 Å². The molecular weight excluding hydrogens is 228 g/mol. The molecule has 1 aromatic rings. The number of rotatable bonds is 5. The molecule has 18 heavy (non-hydrogen) atoms. The maximum Gasteiger partial charge on any atom is 0.266 e. The smallest absolute Gasteiger partial charge is 0.266 e. The molecule has 0 aromatic carbocycles. The molecule has 0 spiro atoms. The lowest BCUT2D eigenvalue weighted by atomic mass is 9.78. The van der Waals surface area contributed by atoms with Crippen molar-refractivity contribution in [1.29, 1.82) is 0 Å². The molecule has 2 rings (SSSR count).